The van der Waals surface area contributed by atoms with Gasteiger partial charge in [-0.15, -0.1) is 0 Å². The van der Waals surface area contributed by atoms with Crippen molar-refractivity contribution in [3.05, 3.63) is 64.3 Å². The van der Waals surface area contributed by atoms with Crippen LogP contribution in [0.3, 0.4) is 0 Å². The SMILES string of the molecule is CCOc1cc2c(cc1OC)Cc1c-2nc2sc(Cc3ccccc3)nn12. The maximum atomic E-state index is 5.74. The lowest BCUT2D eigenvalue weighted by Gasteiger charge is -2.11. The summed E-state index contributed by atoms with van der Waals surface area (Å²) in [6.45, 7) is 2.58. The number of aromatic nitrogens is 3. The minimum atomic E-state index is 0.602. The summed E-state index contributed by atoms with van der Waals surface area (Å²) >= 11 is 1.66. The molecule has 1 aliphatic carbocycles. The van der Waals surface area contributed by atoms with Gasteiger partial charge < -0.3 is 9.47 Å². The summed E-state index contributed by atoms with van der Waals surface area (Å²) in [7, 11) is 1.67. The smallest absolute Gasteiger partial charge is 0.212 e. The van der Waals surface area contributed by atoms with E-state index in [1.54, 1.807) is 18.4 Å². The van der Waals surface area contributed by atoms with Crippen LogP contribution in [0.1, 0.15) is 28.8 Å². The molecule has 0 atom stereocenters. The zero-order chi connectivity index (χ0) is 18.4. The maximum absolute atomic E-state index is 5.74. The van der Waals surface area contributed by atoms with Crippen molar-refractivity contribution in [2.45, 2.75) is 19.8 Å². The molecule has 0 amide bonds. The summed E-state index contributed by atoms with van der Waals surface area (Å²) in [5.74, 6) is 1.53. The third-order valence-corrected chi connectivity index (χ3v) is 5.75. The molecule has 27 heavy (non-hydrogen) atoms. The third kappa shape index (κ3) is 2.68. The molecule has 0 saturated heterocycles. The predicted molar refractivity (Wildman–Crippen MR) is 106 cm³/mol. The Bertz CT molecular complexity index is 1130. The summed E-state index contributed by atoms with van der Waals surface area (Å²) in [6.07, 6.45) is 1.64. The molecule has 0 fully saturated rings. The second-order valence-corrected chi connectivity index (χ2v) is 7.57. The van der Waals surface area contributed by atoms with Crippen molar-refractivity contribution in [1.29, 1.82) is 0 Å². The standard InChI is InChI=1S/C21H19N3O2S/c1-3-26-18-12-15-14(11-17(18)25-2)10-16-20(15)22-21-24(16)23-19(27-21)9-13-7-5-4-6-8-13/h4-8,11-12H,3,9-10H2,1-2H3. The third-order valence-electron chi connectivity index (χ3n) is 4.84. The van der Waals surface area contributed by atoms with Crippen molar-refractivity contribution < 1.29 is 9.47 Å². The van der Waals surface area contributed by atoms with E-state index in [0.29, 0.717) is 6.61 Å². The van der Waals surface area contributed by atoms with Crippen molar-refractivity contribution in [1.82, 2.24) is 14.6 Å². The first-order chi connectivity index (χ1) is 13.3. The van der Waals surface area contributed by atoms with Crippen LogP contribution in [0.2, 0.25) is 0 Å². The molecular weight excluding hydrogens is 358 g/mol. The van der Waals surface area contributed by atoms with Crippen LogP contribution in [0.5, 0.6) is 11.5 Å². The Morgan fingerprint density at radius 3 is 2.78 bits per heavy atom. The van der Waals surface area contributed by atoms with Gasteiger partial charge in [-0.25, -0.2) is 9.50 Å². The van der Waals surface area contributed by atoms with Crippen LogP contribution in [0.4, 0.5) is 0 Å². The van der Waals surface area contributed by atoms with E-state index < -0.39 is 0 Å². The monoisotopic (exact) mass is 377 g/mol. The highest BCUT2D eigenvalue weighted by atomic mass is 32.1. The van der Waals surface area contributed by atoms with Gasteiger partial charge in [-0.3, -0.25) is 0 Å². The van der Waals surface area contributed by atoms with Crippen LogP contribution in [-0.2, 0) is 12.8 Å². The Morgan fingerprint density at radius 1 is 1.15 bits per heavy atom. The number of fused-ring (bicyclic) bond motifs is 5. The molecule has 0 saturated carbocycles. The van der Waals surface area contributed by atoms with Gasteiger partial charge in [-0.05, 0) is 30.2 Å². The zero-order valence-electron chi connectivity index (χ0n) is 15.2. The van der Waals surface area contributed by atoms with Crippen LogP contribution < -0.4 is 9.47 Å². The van der Waals surface area contributed by atoms with Gasteiger partial charge in [0.1, 0.15) is 5.01 Å². The average Bonchev–Trinajstić information content (AvgIpc) is 3.32. The predicted octanol–water partition coefficient (Wildman–Crippen LogP) is 4.36. The molecule has 0 unspecified atom stereocenters. The fourth-order valence-corrected chi connectivity index (χ4v) is 4.57. The molecule has 0 aliphatic heterocycles. The van der Waals surface area contributed by atoms with E-state index in [9.17, 15) is 0 Å². The van der Waals surface area contributed by atoms with Crippen molar-refractivity contribution >= 4 is 16.3 Å². The molecule has 2 heterocycles. The lowest BCUT2D eigenvalue weighted by Crippen LogP contribution is -1.97. The number of hydrogen-bond donors (Lipinski definition) is 0. The largest absolute Gasteiger partial charge is 0.493 e. The van der Waals surface area contributed by atoms with Crippen LogP contribution in [0.15, 0.2) is 42.5 Å². The Balaban J connectivity index is 1.53. The molecule has 4 aromatic rings. The van der Waals surface area contributed by atoms with Crippen molar-refractivity contribution in [2.24, 2.45) is 0 Å². The zero-order valence-corrected chi connectivity index (χ0v) is 16.0. The van der Waals surface area contributed by atoms with Gasteiger partial charge in [0.25, 0.3) is 0 Å². The number of benzene rings is 2. The Kier molecular flexibility index (Phi) is 3.86. The van der Waals surface area contributed by atoms with Gasteiger partial charge in [0.05, 0.1) is 25.1 Å². The number of nitrogens with zero attached hydrogens (tertiary/aromatic N) is 3. The summed E-state index contributed by atoms with van der Waals surface area (Å²) < 4.78 is 13.2. The van der Waals surface area contributed by atoms with Gasteiger partial charge >= 0.3 is 0 Å². The summed E-state index contributed by atoms with van der Waals surface area (Å²) in [5, 5.41) is 5.91. The van der Waals surface area contributed by atoms with Crippen molar-refractivity contribution in [3.8, 4) is 22.8 Å². The van der Waals surface area contributed by atoms with E-state index in [-0.39, 0.29) is 0 Å². The van der Waals surface area contributed by atoms with E-state index in [1.807, 2.05) is 23.6 Å². The van der Waals surface area contributed by atoms with Crippen LogP contribution in [-0.4, -0.2) is 28.3 Å². The molecular formula is C21H19N3O2S. The maximum Gasteiger partial charge on any atom is 0.212 e. The highest BCUT2D eigenvalue weighted by Gasteiger charge is 2.28. The molecule has 0 radical (unpaired) electrons. The van der Waals surface area contributed by atoms with E-state index in [1.165, 1.54) is 11.1 Å². The number of rotatable bonds is 5. The topological polar surface area (TPSA) is 48.7 Å². The second-order valence-electron chi connectivity index (χ2n) is 6.53. The van der Waals surface area contributed by atoms with E-state index in [2.05, 4.69) is 30.3 Å². The lowest BCUT2D eigenvalue weighted by atomic mass is 10.1. The van der Waals surface area contributed by atoms with Crippen LogP contribution in [0, 0.1) is 0 Å². The Morgan fingerprint density at radius 2 is 2.00 bits per heavy atom. The molecule has 2 aromatic carbocycles. The molecule has 1 aliphatic rings. The Hall–Kier alpha value is -2.86. The number of hydrogen-bond acceptors (Lipinski definition) is 5. The second kappa shape index (κ2) is 6.39. The quantitative estimate of drug-likeness (QED) is 0.457. The highest BCUT2D eigenvalue weighted by Crippen LogP contribution is 2.43. The van der Waals surface area contributed by atoms with E-state index >= 15 is 0 Å². The fourth-order valence-electron chi connectivity index (χ4n) is 3.62. The van der Waals surface area contributed by atoms with E-state index in [4.69, 9.17) is 19.6 Å². The van der Waals surface area contributed by atoms with Crippen LogP contribution >= 0.6 is 11.3 Å². The van der Waals surface area contributed by atoms with Crippen molar-refractivity contribution in [3.63, 3.8) is 0 Å². The normalized spacial score (nSPS) is 12.2. The minimum Gasteiger partial charge on any atom is -0.493 e. The van der Waals surface area contributed by atoms with Crippen molar-refractivity contribution in [2.75, 3.05) is 13.7 Å². The molecule has 0 N–H and O–H groups in total. The summed E-state index contributed by atoms with van der Waals surface area (Å²) in [6, 6.07) is 14.5. The first-order valence-electron chi connectivity index (χ1n) is 9.02. The van der Waals surface area contributed by atoms with Gasteiger partial charge in [-0.2, -0.15) is 5.10 Å². The molecule has 0 spiro atoms. The van der Waals surface area contributed by atoms with Gasteiger partial charge in [0.15, 0.2) is 11.5 Å². The van der Waals surface area contributed by atoms with Gasteiger partial charge in [-0.1, -0.05) is 41.7 Å². The first-order valence-corrected chi connectivity index (χ1v) is 9.83. The number of methoxy groups -OCH3 is 1. The van der Waals surface area contributed by atoms with Gasteiger partial charge in [0, 0.05) is 18.4 Å². The fraction of sp³-hybridized carbons (Fsp3) is 0.238. The summed E-state index contributed by atoms with van der Waals surface area (Å²) in [4.78, 5) is 5.83. The van der Waals surface area contributed by atoms with Crippen LogP contribution in [0.25, 0.3) is 16.2 Å². The lowest BCUT2D eigenvalue weighted by molar-refractivity contribution is 0.311. The molecule has 5 rings (SSSR count). The summed E-state index contributed by atoms with van der Waals surface area (Å²) in [5.41, 5.74) is 5.75. The molecule has 6 heteroatoms. The molecule has 0 bridgehead atoms. The highest BCUT2D eigenvalue weighted by molar-refractivity contribution is 7.16. The van der Waals surface area contributed by atoms with E-state index in [0.717, 1.165) is 51.3 Å². The van der Waals surface area contributed by atoms with Gasteiger partial charge in [0.2, 0.25) is 4.96 Å². The average molecular weight is 377 g/mol. The number of ether oxygens (including phenoxy) is 2. The number of imidazole rings is 1. The first kappa shape index (κ1) is 16.3. The minimum absolute atomic E-state index is 0.602. The molecule has 5 nitrogen and oxygen atoms in total. The molecule has 136 valence electrons. The Labute approximate surface area is 161 Å². The molecule has 2 aromatic heterocycles.